The molecule has 5 nitrogen and oxygen atoms in total. The van der Waals surface area contributed by atoms with Gasteiger partial charge in [0.15, 0.2) is 0 Å². The zero-order valence-electron chi connectivity index (χ0n) is 12.2. The fourth-order valence-electron chi connectivity index (χ4n) is 1.73. The van der Waals surface area contributed by atoms with Gasteiger partial charge in [-0.05, 0) is 25.5 Å². The average Bonchev–Trinajstić information content (AvgIpc) is 2.91. The quantitative estimate of drug-likeness (QED) is 0.759. The number of hydrogen-bond donors (Lipinski definition) is 2. The van der Waals surface area contributed by atoms with Gasteiger partial charge in [-0.15, -0.1) is 5.10 Å². The molecule has 118 valence electrons. The van der Waals surface area contributed by atoms with Crippen LogP contribution >= 0.6 is 35.0 Å². The van der Waals surface area contributed by atoms with Crippen molar-refractivity contribution in [2.24, 2.45) is 0 Å². The molecule has 0 saturated heterocycles. The molecule has 0 bridgehead atoms. The van der Waals surface area contributed by atoms with E-state index in [0.29, 0.717) is 20.9 Å². The monoisotopic (exact) mass is 358 g/mol. The van der Waals surface area contributed by atoms with Crippen LogP contribution in [0.15, 0.2) is 23.4 Å². The number of hydrogen-bond acceptors (Lipinski definition) is 4. The number of thioether (sulfide) groups is 1. The third-order valence-electron chi connectivity index (χ3n) is 2.86. The maximum Gasteiger partial charge on any atom is 0.237 e. The lowest BCUT2D eigenvalue weighted by molar-refractivity contribution is -0.115. The topological polar surface area (TPSA) is 70.7 Å². The number of carbonyl (C=O) groups is 1. The van der Waals surface area contributed by atoms with Gasteiger partial charge in [0, 0.05) is 6.42 Å². The predicted octanol–water partition coefficient (Wildman–Crippen LogP) is 4.18. The summed E-state index contributed by atoms with van der Waals surface area (Å²) in [7, 11) is 0. The van der Waals surface area contributed by atoms with Crippen molar-refractivity contribution in [1.82, 2.24) is 15.2 Å². The lowest BCUT2D eigenvalue weighted by atomic mass is 10.3. The van der Waals surface area contributed by atoms with Gasteiger partial charge >= 0.3 is 0 Å². The number of aromatic nitrogens is 3. The van der Waals surface area contributed by atoms with Crippen LogP contribution in [0, 0.1) is 0 Å². The first-order valence-corrected chi connectivity index (χ1v) is 8.47. The summed E-state index contributed by atoms with van der Waals surface area (Å²) in [6, 6.07) is 5.10. The SMILES string of the molecule is CCCc1nc(S[C@@H](C)C(=O)Nc2cccc(Cl)c2Cl)n[nH]1. The van der Waals surface area contributed by atoms with Gasteiger partial charge in [-0.2, -0.15) is 0 Å². The molecule has 2 N–H and O–H groups in total. The summed E-state index contributed by atoms with van der Waals surface area (Å²) in [5.41, 5.74) is 0.494. The Morgan fingerprint density at radius 3 is 2.95 bits per heavy atom. The Bertz CT molecular complexity index is 662. The molecule has 0 spiro atoms. The van der Waals surface area contributed by atoms with Crippen molar-refractivity contribution < 1.29 is 4.79 Å². The molecular formula is C14H16Cl2N4OS. The van der Waals surface area contributed by atoms with Gasteiger partial charge in [-0.3, -0.25) is 9.89 Å². The fourth-order valence-corrected chi connectivity index (χ4v) is 2.82. The molecule has 1 heterocycles. The average molecular weight is 359 g/mol. The molecule has 0 fully saturated rings. The Hall–Kier alpha value is -1.24. The number of anilines is 1. The molecule has 8 heteroatoms. The molecule has 1 aromatic carbocycles. The van der Waals surface area contributed by atoms with Gasteiger partial charge < -0.3 is 5.32 Å². The van der Waals surface area contributed by atoms with Gasteiger partial charge in [0.2, 0.25) is 11.1 Å². The van der Waals surface area contributed by atoms with E-state index in [1.54, 1.807) is 25.1 Å². The van der Waals surface area contributed by atoms with E-state index in [9.17, 15) is 4.79 Å². The highest BCUT2D eigenvalue weighted by Crippen LogP contribution is 2.30. The van der Waals surface area contributed by atoms with Crippen LogP contribution in [0.25, 0.3) is 0 Å². The maximum atomic E-state index is 12.2. The van der Waals surface area contributed by atoms with Crippen LogP contribution in [-0.4, -0.2) is 26.3 Å². The Kier molecular flexibility index (Phi) is 6.11. The smallest absolute Gasteiger partial charge is 0.237 e. The first-order valence-electron chi connectivity index (χ1n) is 6.84. The van der Waals surface area contributed by atoms with Crippen molar-refractivity contribution in [1.29, 1.82) is 0 Å². The Morgan fingerprint density at radius 2 is 2.23 bits per heavy atom. The molecule has 1 atom stereocenters. The summed E-state index contributed by atoms with van der Waals surface area (Å²) >= 11 is 13.3. The third kappa shape index (κ3) is 4.38. The number of carbonyl (C=O) groups excluding carboxylic acids is 1. The van der Waals surface area contributed by atoms with E-state index in [1.165, 1.54) is 11.8 Å². The standard InChI is InChI=1S/C14H16Cl2N4OS/c1-3-5-11-18-14(20-19-11)22-8(2)13(21)17-10-7-4-6-9(15)12(10)16/h4,6-8H,3,5H2,1-2H3,(H,17,21)(H,18,19,20)/t8-/m0/s1. The second-order valence-corrected chi connectivity index (χ2v) is 6.76. The normalized spacial score (nSPS) is 12.2. The van der Waals surface area contributed by atoms with Gasteiger partial charge in [0.1, 0.15) is 5.82 Å². The highest BCUT2D eigenvalue weighted by atomic mass is 35.5. The molecule has 2 rings (SSSR count). The van der Waals surface area contributed by atoms with Crippen LogP contribution < -0.4 is 5.32 Å². The molecule has 1 amide bonds. The molecular weight excluding hydrogens is 343 g/mol. The molecule has 0 radical (unpaired) electrons. The fraction of sp³-hybridized carbons (Fsp3) is 0.357. The molecule has 0 aliphatic heterocycles. The lowest BCUT2D eigenvalue weighted by Gasteiger charge is -2.11. The van der Waals surface area contributed by atoms with E-state index < -0.39 is 0 Å². The van der Waals surface area contributed by atoms with Crippen LogP contribution in [0.2, 0.25) is 10.0 Å². The van der Waals surface area contributed by atoms with Crippen LogP contribution in [-0.2, 0) is 11.2 Å². The number of amides is 1. The molecule has 2 aromatic rings. The summed E-state index contributed by atoms with van der Waals surface area (Å²) in [4.78, 5) is 16.5. The van der Waals surface area contributed by atoms with Crippen molar-refractivity contribution in [3.63, 3.8) is 0 Å². The van der Waals surface area contributed by atoms with Crippen molar-refractivity contribution in [2.75, 3.05) is 5.32 Å². The van der Waals surface area contributed by atoms with Crippen molar-refractivity contribution in [3.05, 3.63) is 34.1 Å². The van der Waals surface area contributed by atoms with Gasteiger partial charge in [-0.25, -0.2) is 4.98 Å². The zero-order valence-corrected chi connectivity index (χ0v) is 14.5. The van der Waals surface area contributed by atoms with E-state index in [4.69, 9.17) is 23.2 Å². The Balaban J connectivity index is 1.98. The van der Waals surface area contributed by atoms with E-state index >= 15 is 0 Å². The molecule has 0 aliphatic carbocycles. The van der Waals surface area contributed by atoms with Crippen LogP contribution in [0.5, 0.6) is 0 Å². The minimum Gasteiger partial charge on any atom is -0.324 e. The molecule has 0 saturated carbocycles. The Labute approximate surface area is 143 Å². The summed E-state index contributed by atoms with van der Waals surface area (Å²) < 4.78 is 0. The molecule has 0 aliphatic rings. The number of aromatic amines is 1. The first-order chi connectivity index (χ1) is 10.5. The number of nitrogens with zero attached hydrogens (tertiary/aromatic N) is 2. The highest BCUT2D eigenvalue weighted by molar-refractivity contribution is 8.00. The van der Waals surface area contributed by atoms with E-state index in [2.05, 4.69) is 27.4 Å². The molecule has 1 aromatic heterocycles. The van der Waals surface area contributed by atoms with Crippen LogP contribution in [0.1, 0.15) is 26.1 Å². The number of aryl methyl sites for hydroxylation is 1. The maximum absolute atomic E-state index is 12.2. The zero-order chi connectivity index (χ0) is 16.1. The minimum absolute atomic E-state index is 0.184. The van der Waals surface area contributed by atoms with Gasteiger partial charge in [-0.1, -0.05) is 48.0 Å². The minimum atomic E-state index is -0.361. The summed E-state index contributed by atoms with van der Waals surface area (Å²) in [6.07, 6.45) is 1.83. The van der Waals surface area contributed by atoms with E-state index in [1.807, 2.05) is 0 Å². The number of H-pyrrole nitrogens is 1. The Morgan fingerprint density at radius 1 is 1.45 bits per heavy atom. The summed E-state index contributed by atoms with van der Waals surface area (Å²) in [5, 5.41) is 10.7. The van der Waals surface area contributed by atoms with Crippen molar-refractivity contribution >= 4 is 46.6 Å². The first kappa shape index (κ1) is 17.1. The largest absolute Gasteiger partial charge is 0.324 e. The van der Waals surface area contributed by atoms with Crippen molar-refractivity contribution in [2.45, 2.75) is 37.1 Å². The van der Waals surface area contributed by atoms with Crippen LogP contribution in [0.4, 0.5) is 5.69 Å². The second kappa shape index (κ2) is 7.85. The number of rotatable bonds is 6. The predicted molar refractivity (Wildman–Crippen MR) is 90.8 cm³/mol. The number of nitrogens with one attached hydrogen (secondary N) is 2. The second-order valence-electron chi connectivity index (χ2n) is 4.67. The number of halogens is 2. The van der Waals surface area contributed by atoms with E-state index in [0.717, 1.165) is 18.7 Å². The van der Waals surface area contributed by atoms with E-state index in [-0.39, 0.29) is 11.2 Å². The van der Waals surface area contributed by atoms with Crippen LogP contribution in [0.3, 0.4) is 0 Å². The lowest BCUT2D eigenvalue weighted by Crippen LogP contribution is -2.22. The van der Waals surface area contributed by atoms with Crippen molar-refractivity contribution in [3.8, 4) is 0 Å². The third-order valence-corrected chi connectivity index (χ3v) is 4.64. The highest BCUT2D eigenvalue weighted by Gasteiger charge is 2.18. The van der Waals surface area contributed by atoms with Gasteiger partial charge in [0.05, 0.1) is 21.0 Å². The van der Waals surface area contributed by atoms with Gasteiger partial charge in [0.25, 0.3) is 0 Å². The molecule has 0 unspecified atom stereocenters. The molecule has 22 heavy (non-hydrogen) atoms. The number of benzene rings is 1. The summed E-state index contributed by atoms with van der Waals surface area (Å²) in [5.74, 6) is 0.645. The summed E-state index contributed by atoms with van der Waals surface area (Å²) in [6.45, 7) is 3.86.